The van der Waals surface area contributed by atoms with Gasteiger partial charge in [-0.15, -0.1) is 6.58 Å². The van der Waals surface area contributed by atoms with E-state index in [0.29, 0.717) is 17.7 Å². The molecule has 15 heteroatoms. The molecule has 3 aliphatic rings. The Labute approximate surface area is 342 Å². The van der Waals surface area contributed by atoms with Gasteiger partial charge in [0, 0.05) is 25.0 Å². The Bertz CT molecular complexity index is 1590. The number of Topliss-reactive ketones (excluding diaryl/α,β-unsaturated/α-hetero) is 1. The van der Waals surface area contributed by atoms with Crippen LogP contribution < -0.4 is 4.74 Å². The molecule has 4 rings (SSSR count). The van der Waals surface area contributed by atoms with E-state index in [-0.39, 0.29) is 37.4 Å². The number of aliphatic hydroxyl groups is 1. The predicted octanol–water partition coefficient (Wildman–Crippen LogP) is 5.20. The third-order valence-corrected chi connectivity index (χ3v) is 12.2. The lowest BCUT2D eigenvalue weighted by atomic mass is 9.74. The first-order valence-corrected chi connectivity index (χ1v) is 20.2. The van der Waals surface area contributed by atoms with Gasteiger partial charge in [0.15, 0.2) is 24.1 Å². The number of aliphatic hydroxyl groups excluding tert-OH is 1. The Morgan fingerprint density at radius 1 is 1.03 bits per heavy atom. The van der Waals surface area contributed by atoms with E-state index in [1.165, 1.54) is 20.3 Å². The highest BCUT2D eigenvalue weighted by molar-refractivity contribution is 5.84. The van der Waals surface area contributed by atoms with Crippen LogP contribution in [0.4, 0.5) is 4.79 Å². The van der Waals surface area contributed by atoms with Gasteiger partial charge in [-0.25, -0.2) is 9.59 Å². The number of methoxy groups -OCH3 is 2. The monoisotopic (exact) mass is 819 g/mol. The molecule has 3 saturated heterocycles. The molecule has 15 atom stereocenters. The molecule has 58 heavy (non-hydrogen) atoms. The number of nitrogens with zero attached hydrogens (tertiary/aromatic N) is 1. The van der Waals surface area contributed by atoms with Gasteiger partial charge in [-0.2, -0.15) is 0 Å². The van der Waals surface area contributed by atoms with E-state index in [1.807, 2.05) is 25.9 Å². The lowest BCUT2D eigenvalue weighted by Gasteiger charge is -2.48. The SMILES string of the molecule is C=CCOC(C(=O)O[C@@H]1[C@H](C)[C@@H](O[C@@H]2O[C@H](C)C[C@H](N(C)C)[C@H]2O)[C@@](C)(OC)C[C@@H](C)C(=O)[C@H](C)[C@H]2OC(=O)O[C@]2(C)[C@@H](CC)OC(=O)[C@@H]1C)c1ccc(OC)cc1. The van der Waals surface area contributed by atoms with Crippen molar-refractivity contribution >= 4 is 23.9 Å². The summed E-state index contributed by atoms with van der Waals surface area (Å²) >= 11 is 0. The minimum absolute atomic E-state index is 0.00227. The number of ketones is 1. The molecule has 3 fully saturated rings. The van der Waals surface area contributed by atoms with Gasteiger partial charge in [-0.3, -0.25) is 9.59 Å². The summed E-state index contributed by atoms with van der Waals surface area (Å²) in [5, 5.41) is 11.7. The number of hydrogen-bond acceptors (Lipinski definition) is 15. The smallest absolute Gasteiger partial charge is 0.497 e. The normalized spacial score (nSPS) is 38.1. The van der Waals surface area contributed by atoms with Gasteiger partial charge in [0.1, 0.15) is 29.8 Å². The fourth-order valence-electron chi connectivity index (χ4n) is 8.84. The van der Waals surface area contributed by atoms with E-state index in [1.54, 1.807) is 72.7 Å². The number of carbonyl (C=O) groups excluding carboxylic acids is 4. The number of cyclic esters (lactones) is 1. The van der Waals surface area contributed by atoms with Crippen molar-refractivity contribution in [3.8, 4) is 5.75 Å². The molecule has 0 bridgehead atoms. The molecule has 3 heterocycles. The number of esters is 2. The fraction of sp³-hybridized carbons (Fsp3) is 0.721. The standard InChI is InChI=1S/C43H65NO14/c1-14-20-52-35(28-16-18-29(50-12)19-17-28)39(48)55-34-26(6)36(56-40-33(46)30(44(10)11)21-24(4)53-40)42(8,51-13)22-23(3)32(45)25(5)37-43(9,58-41(49)57-37)31(15-2)54-38(47)27(34)7/h14,16-19,23-27,30-31,33-37,40,46H,1,15,20-22H2,2-13H3/t23-,24-,25+,26+,27-,30+,31-,33-,34-,35?,36-,37-,40+,42+,43-/m1/s1. The molecule has 0 spiro atoms. The summed E-state index contributed by atoms with van der Waals surface area (Å²) in [6, 6.07) is 6.39. The lowest BCUT2D eigenvalue weighted by molar-refractivity contribution is -0.302. The molecule has 15 nitrogen and oxygen atoms in total. The number of fused-ring (bicyclic) bond motifs is 1. The number of ether oxygens (including phenoxy) is 9. The highest BCUT2D eigenvalue weighted by Crippen LogP contribution is 2.43. The van der Waals surface area contributed by atoms with Crippen LogP contribution in [0.25, 0.3) is 0 Å². The maximum absolute atomic E-state index is 14.5. The van der Waals surface area contributed by atoms with Crippen molar-refractivity contribution in [3.05, 3.63) is 42.5 Å². The van der Waals surface area contributed by atoms with Crippen molar-refractivity contribution < 1.29 is 66.9 Å². The van der Waals surface area contributed by atoms with Crippen LogP contribution in [-0.2, 0) is 52.3 Å². The number of hydrogen-bond donors (Lipinski definition) is 1. The molecule has 1 unspecified atom stereocenters. The van der Waals surface area contributed by atoms with Gasteiger partial charge in [-0.05, 0) is 78.7 Å². The second-order valence-electron chi connectivity index (χ2n) is 16.7. The molecule has 1 aromatic rings. The Hall–Kier alpha value is -3.60. The third kappa shape index (κ3) is 10.0. The van der Waals surface area contributed by atoms with Gasteiger partial charge < -0.3 is 52.6 Å². The summed E-state index contributed by atoms with van der Waals surface area (Å²) in [6.07, 6.45) is -7.03. The minimum atomic E-state index is -1.53. The number of benzene rings is 1. The summed E-state index contributed by atoms with van der Waals surface area (Å²) in [4.78, 5) is 57.9. The fourth-order valence-corrected chi connectivity index (χ4v) is 8.84. The molecule has 326 valence electrons. The van der Waals surface area contributed by atoms with Gasteiger partial charge in [0.05, 0.1) is 43.4 Å². The van der Waals surface area contributed by atoms with E-state index >= 15 is 0 Å². The van der Waals surface area contributed by atoms with Crippen LogP contribution in [0.1, 0.15) is 86.3 Å². The first-order chi connectivity index (χ1) is 27.3. The van der Waals surface area contributed by atoms with Crippen molar-refractivity contribution in [3.63, 3.8) is 0 Å². The molecule has 0 radical (unpaired) electrons. The van der Waals surface area contributed by atoms with E-state index in [2.05, 4.69) is 6.58 Å². The maximum atomic E-state index is 14.5. The van der Waals surface area contributed by atoms with Gasteiger partial charge >= 0.3 is 18.1 Å². The number of rotatable bonds is 12. The van der Waals surface area contributed by atoms with Crippen LogP contribution in [0.3, 0.4) is 0 Å². The molecule has 0 aliphatic carbocycles. The largest absolute Gasteiger partial charge is 0.509 e. The molecule has 0 amide bonds. The van der Waals surface area contributed by atoms with Crippen LogP contribution in [0.5, 0.6) is 5.75 Å². The Morgan fingerprint density at radius 3 is 2.26 bits per heavy atom. The third-order valence-electron chi connectivity index (χ3n) is 12.2. The Balaban J connectivity index is 1.89. The topological polar surface area (TPSA) is 175 Å². The van der Waals surface area contributed by atoms with Crippen molar-refractivity contribution in [2.24, 2.45) is 23.7 Å². The summed E-state index contributed by atoms with van der Waals surface area (Å²) in [5.41, 5.74) is -2.40. The second-order valence-corrected chi connectivity index (χ2v) is 16.7. The Kier molecular flexibility index (Phi) is 15.9. The van der Waals surface area contributed by atoms with Crippen LogP contribution in [0, 0.1) is 23.7 Å². The van der Waals surface area contributed by atoms with Crippen LogP contribution >= 0.6 is 0 Å². The maximum Gasteiger partial charge on any atom is 0.509 e. The van der Waals surface area contributed by atoms with Crippen molar-refractivity contribution in [1.29, 1.82) is 0 Å². The molecule has 0 aromatic heterocycles. The molecular formula is C43H65NO14. The van der Waals surface area contributed by atoms with Crippen molar-refractivity contribution in [2.75, 3.05) is 34.9 Å². The minimum Gasteiger partial charge on any atom is -0.497 e. The van der Waals surface area contributed by atoms with Crippen LogP contribution in [0.15, 0.2) is 36.9 Å². The van der Waals surface area contributed by atoms with E-state index in [4.69, 9.17) is 42.6 Å². The summed E-state index contributed by atoms with van der Waals surface area (Å²) < 4.78 is 54.5. The molecule has 1 aromatic carbocycles. The average Bonchev–Trinajstić information content (AvgIpc) is 3.51. The summed E-state index contributed by atoms with van der Waals surface area (Å²) in [6.45, 7) is 17.5. The van der Waals surface area contributed by atoms with Crippen molar-refractivity contribution in [2.45, 2.75) is 141 Å². The number of carbonyl (C=O) groups is 4. The predicted molar refractivity (Wildman–Crippen MR) is 211 cm³/mol. The first-order valence-electron chi connectivity index (χ1n) is 20.2. The molecule has 1 N–H and O–H groups in total. The van der Waals surface area contributed by atoms with E-state index in [9.17, 15) is 24.3 Å². The second kappa shape index (κ2) is 19.6. The van der Waals surface area contributed by atoms with Gasteiger partial charge in [0.2, 0.25) is 0 Å². The zero-order valence-corrected chi connectivity index (χ0v) is 36.1. The molecule has 0 saturated carbocycles. The van der Waals surface area contributed by atoms with Crippen LogP contribution in [-0.4, -0.2) is 129 Å². The summed E-state index contributed by atoms with van der Waals surface area (Å²) in [5.74, 6) is -4.91. The highest BCUT2D eigenvalue weighted by atomic mass is 16.8. The Morgan fingerprint density at radius 2 is 1.69 bits per heavy atom. The van der Waals surface area contributed by atoms with E-state index in [0.717, 1.165) is 0 Å². The first kappa shape index (κ1) is 47.1. The zero-order valence-electron chi connectivity index (χ0n) is 36.1. The van der Waals surface area contributed by atoms with E-state index < -0.39 is 95.9 Å². The lowest BCUT2D eigenvalue weighted by Crippen LogP contribution is -2.60. The van der Waals surface area contributed by atoms with Crippen LogP contribution in [0.2, 0.25) is 0 Å². The zero-order chi connectivity index (χ0) is 43.3. The van der Waals surface area contributed by atoms with Gasteiger partial charge in [-0.1, -0.05) is 45.9 Å². The summed E-state index contributed by atoms with van der Waals surface area (Å²) in [7, 11) is 6.73. The molecule has 3 aliphatic heterocycles. The highest BCUT2D eigenvalue weighted by Gasteiger charge is 2.59. The number of likely N-dealkylation sites (N-methyl/N-ethyl adjacent to an activating group) is 1. The quantitative estimate of drug-likeness (QED) is 0.165. The molecular weight excluding hydrogens is 754 g/mol. The average molecular weight is 820 g/mol. The van der Waals surface area contributed by atoms with Crippen molar-refractivity contribution in [1.82, 2.24) is 4.90 Å². The van der Waals surface area contributed by atoms with Gasteiger partial charge in [0.25, 0.3) is 0 Å².